The van der Waals surface area contributed by atoms with Gasteiger partial charge in [-0.1, -0.05) is 60.7 Å². The van der Waals surface area contributed by atoms with E-state index in [1.54, 1.807) is 12.1 Å². The quantitative estimate of drug-likeness (QED) is 0.476. The Hall–Kier alpha value is -3.37. The molecule has 1 aromatic heterocycles. The molecule has 3 aromatic carbocycles. The number of hydrogen-bond acceptors (Lipinski definition) is 4. The molecule has 0 bridgehead atoms. The van der Waals surface area contributed by atoms with Gasteiger partial charge in [0.25, 0.3) is 0 Å². The third kappa shape index (κ3) is 4.23. The summed E-state index contributed by atoms with van der Waals surface area (Å²) in [5.41, 5.74) is 3.00. The van der Waals surface area contributed by atoms with Crippen molar-refractivity contribution in [2.24, 2.45) is 0 Å². The maximum Gasteiger partial charge on any atom is 0.200 e. The van der Waals surface area contributed by atoms with Gasteiger partial charge in [0.15, 0.2) is 5.43 Å². The molecule has 0 saturated heterocycles. The number of benzene rings is 3. The highest BCUT2D eigenvalue weighted by molar-refractivity contribution is 5.82. The maximum absolute atomic E-state index is 12.9. The molecule has 4 aromatic rings. The van der Waals surface area contributed by atoms with Crippen LogP contribution in [0.1, 0.15) is 18.1 Å². The van der Waals surface area contributed by atoms with Gasteiger partial charge in [-0.3, -0.25) is 4.79 Å². The first-order chi connectivity index (χ1) is 14.3. The highest BCUT2D eigenvalue weighted by atomic mass is 16.5. The zero-order valence-corrected chi connectivity index (χ0v) is 16.3. The second kappa shape index (κ2) is 8.76. The number of nitrogens with one attached hydrogen (secondary N) is 1. The first-order valence-electron chi connectivity index (χ1n) is 9.73. The lowest BCUT2D eigenvalue weighted by Gasteiger charge is -2.20. The molecule has 1 unspecified atom stereocenters. The van der Waals surface area contributed by atoms with Crippen molar-refractivity contribution < 1.29 is 9.15 Å². The van der Waals surface area contributed by atoms with Crippen LogP contribution >= 0.6 is 0 Å². The first-order valence-corrected chi connectivity index (χ1v) is 9.73. The average molecular weight is 385 g/mol. The molecule has 0 radical (unpaired) electrons. The Morgan fingerprint density at radius 1 is 0.966 bits per heavy atom. The van der Waals surface area contributed by atoms with Crippen LogP contribution in [0.5, 0.6) is 5.75 Å². The van der Waals surface area contributed by atoms with E-state index in [1.807, 2.05) is 61.6 Å². The fraction of sp³-hybridized carbons (Fsp3) is 0.160. The molecule has 0 aliphatic carbocycles. The Kier molecular flexibility index (Phi) is 5.73. The standard InChI is InChI=1S/C25H23NO3/c1-26-15-14-23(19-10-6-3-7-11-19)29-20-12-13-21-24(16-20)28-17-22(25(21)27)18-8-4-2-5-9-18/h2-13,16-17,23,26H,14-15H2,1H3. The predicted octanol–water partition coefficient (Wildman–Crippen LogP) is 5.19. The van der Waals surface area contributed by atoms with Crippen molar-refractivity contribution in [3.05, 3.63) is 101 Å². The molecule has 0 fully saturated rings. The molecule has 1 heterocycles. The highest BCUT2D eigenvalue weighted by Gasteiger charge is 2.15. The van der Waals surface area contributed by atoms with E-state index >= 15 is 0 Å². The normalized spacial score (nSPS) is 12.0. The van der Waals surface area contributed by atoms with Crippen LogP contribution in [0.3, 0.4) is 0 Å². The fourth-order valence-electron chi connectivity index (χ4n) is 3.40. The van der Waals surface area contributed by atoms with Gasteiger partial charge in [0.05, 0.1) is 10.9 Å². The molecule has 0 aliphatic heterocycles. The predicted molar refractivity (Wildman–Crippen MR) is 116 cm³/mol. The van der Waals surface area contributed by atoms with Crippen LogP contribution in [0.2, 0.25) is 0 Å². The molecule has 1 N–H and O–H groups in total. The van der Waals surface area contributed by atoms with Gasteiger partial charge in [0.1, 0.15) is 23.7 Å². The second-order valence-corrected chi connectivity index (χ2v) is 6.91. The highest BCUT2D eigenvalue weighted by Crippen LogP contribution is 2.28. The molecular formula is C25H23NO3. The van der Waals surface area contributed by atoms with Crippen LogP contribution in [-0.4, -0.2) is 13.6 Å². The van der Waals surface area contributed by atoms with E-state index in [9.17, 15) is 4.79 Å². The van der Waals surface area contributed by atoms with Gasteiger partial charge in [-0.15, -0.1) is 0 Å². The minimum absolute atomic E-state index is 0.0428. The Bertz CT molecular complexity index is 1140. The number of fused-ring (bicyclic) bond motifs is 1. The summed E-state index contributed by atoms with van der Waals surface area (Å²) < 4.78 is 12.1. The topological polar surface area (TPSA) is 51.5 Å². The van der Waals surface area contributed by atoms with E-state index in [1.165, 1.54) is 6.26 Å². The fourth-order valence-corrected chi connectivity index (χ4v) is 3.40. The molecule has 0 aliphatic rings. The van der Waals surface area contributed by atoms with Crippen molar-refractivity contribution in [1.82, 2.24) is 5.32 Å². The zero-order valence-electron chi connectivity index (χ0n) is 16.3. The lowest BCUT2D eigenvalue weighted by Crippen LogP contribution is -2.16. The van der Waals surface area contributed by atoms with Gasteiger partial charge in [-0.05, 0) is 36.9 Å². The van der Waals surface area contributed by atoms with Gasteiger partial charge in [0.2, 0.25) is 0 Å². The summed E-state index contributed by atoms with van der Waals surface area (Å²) in [4.78, 5) is 12.9. The maximum atomic E-state index is 12.9. The number of ether oxygens (including phenoxy) is 1. The van der Waals surface area contributed by atoms with Crippen molar-refractivity contribution in [3.63, 3.8) is 0 Å². The van der Waals surface area contributed by atoms with Gasteiger partial charge in [-0.25, -0.2) is 0 Å². The summed E-state index contributed by atoms with van der Waals surface area (Å²) in [6.07, 6.45) is 2.27. The van der Waals surface area contributed by atoms with E-state index in [0.29, 0.717) is 22.3 Å². The van der Waals surface area contributed by atoms with E-state index in [2.05, 4.69) is 17.4 Å². The molecule has 29 heavy (non-hydrogen) atoms. The van der Waals surface area contributed by atoms with Crippen molar-refractivity contribution in [1.29, 1.82) is 0 Å². The summed E-state index contributed by atoms with van der Waals surface area (Å²) in [6.45, 7) is 0.836. The zero-order chi connectivity index (χ0) is 20.1. The van der Waals surface area contributed by atoms with Crippen molar-refractivity contribution >= 4 is 11.0 Å². The molecule has 1 atom stereocenters. The number of hydrogen-bond donors (Lipinski definition) is 1. The van der Waals surface area contributed by atoms with Crippen LogP contribution in [0.4, 0.5) is 0 Å². The molecule has 4 nitrogen and oxygen atoms in total. The molecule has 4 rings (SSSR count). The minimum Gasteiger partial charge on any atom is -0.486 e. The van der Waals surface area contributed by atoms with Crippen molar-refractivity contribution in [2.45, 2.75) is 12.5 Å². The monoisotopic (exact) mass is 385 g/mol. The van der Waals surface area contributed by atoms with E-state index in [0.717, 1.165) is 24.1 Å². The van der Waals surface area contributed by atoms with Crippen LogP contribution in [-0.2, 0) is 0 Å². The van der Waals surface area contributed by atoms with Gasteiger partial charge >= 0.3 is 0 Å². The molecule has 0 amide bonds. The Morgan fingerprint density at radius 2 is 1.69 bits per heavy atom. The van der Waals surface area contributed by atoms with Crippen LogP contribution in [0.15, 0.2) is 94.3 Å². The molecule has 0 saturated carbocycles. The lowest BCUT2D eigenvalue weighted by molar-refractivity contribution is 0.195. The molecule has 146 valence electrons. The molecular weight excluding hydrogens is 362 g/mol. The largest absolute Gasteiger partial charge is 0.486 e. The third-order valence-corrected chi connectivity index (χ3v) is 4.94. The minimum atomic E-state index is -0.0867. The third-order valence-electron chi connectivity index (χ3n) is 4.94. The van der Waals surface area contributed by atoms with Crippen molar-refractivity contribution in [2.75, 3.05) is 13.6 Å². The summed E-state index contributed by atoms with van der Waals surface area (Å²) in [5, 5.41) is 3.72. The second-order valence-electron chi connectivity index (χ2n) is 6.91. The van der Waals surface area contributed by atoms with E-state index in [4.69, 9.17) is 9.15 Å². The van der Waals surface area contributed by atoms with Gasteiger partial charge in [-0.2, -0.15) is 0 Å². The molecule has 4 heteroatoms. The van der Waals surface area contributed by atoms with Crippen LogP contribution in [0.25, 0.3) is 22.1 Å². The van der Waals surface area contributed by atoms with E-state index in [-0.39, 0.29) is 11.5 Å². The van der Waals surface area contributed by atoms with Crippen LogP contribution < -0.4 is 15.5 Å². The van der Waals surface area contributed by atoms with Gasteiger partial charge < -0.3 is 14.5 Å². The summed E-state index contributed by atoms with van der Waals surface area (Å²) >= 11 is 0. The first kappa shape index (κ1) is 19.0. The summed E-state index contributed by atoms with van der Waals surface area (Å²) in [7, 11) is 1.93. The smallest absolute Gasteiger partial charge is 0.200 e. The SMILES string of the molecule is CNCCC(Oc1ccc2c(=O)c(-c3ccccc3)coc2c1)c1ccccc1. The van der Waals surface area contributed by atoms with E-state index < -0.39 is 0 Å². The van der Waals surface area contributed by atoms with Crippen LogP contribution in [0, 0.1) is 0 Å². The number of rotatable bonds is 7. The summed E-state index contributed by atoms with van der Waals surface area (Å²) in [5.74, 6) is 0.679. The van der Waals surface area contributed by atoms with Gasteiger partial charge in [0, 0.05) is 12.5 Å². The molecule has 0 spiro atoms. The Morgan fingerprint density at radius 3 is 2.41 bits per heavy atom. The lowest BCUT2D eigenvalue weighted by atomic mass is 10.1. The average Bonchev–Trinajstić information content (AvgIpc) is 2.78. The Balaban J connectivity index is 1.65. The summed E-state index contributed by atoms with van der Waals surface area (Å²) in [6, 6.07) is 25.1. The Labute approximate surface area is 169 Å². The van der Waals surface area contributed by atoms with Crippen molar-refractivity contribution in [3.8, 4) is 16.9 Å².